The molecule has 0 saturated carbocycles. The van der Waals surface area contributed by atoms with Crippen LogP contribution in [0.15, 0.2) is 0 Å². The van der Waals surface area contributed by atoms with Gasteiger partial charge >= 0.3 is 0 Å². The third kappa shape index (κ3) is 40.9. The molecular weight excluding hydrogens is 552 g/mol. The molecule has 0 radical (unpaired) electrons. The zero-order valence-electron chi connectivity index (χ0n) is 28.8. The van der Waals surface area contributed by atoms with Crippen LogP contribution in [0.25, 0.3) is 0 Å². The van der Waals surface area contributed by atoms with Crippen molar-refractivity contribution in [2.45, 2.75) is 237 Å². The van der Waals surface area contributed by atoms with Crippen molar-refractivity contribution in [3.05, 3.63) is 0 Å². The van der Waals surface area contributed by atoms with Gasteiger partial charge in [0.1, 0.15) is 7.38 Å². The largest absolute Gasteiger partial charge is 0.179 e. The third-order valence-corrected chi connectivity index (χ3v) is 11.6. The van der Waals surface area contributed by atoms with Crippen molar-refractivity contribution in [2.24, 2.45) is 0 Å². The fourth-order valence-corrected chi connectivity index (χ4v) is 8.03. The molecule has 0 saturated heterocycles. The van der Waals surface area contributed by atoms with E-state index >= 15 is 0 Å². The molecule has 0 aromatic heterocycles. The number of hydrogen-bond donors (Lipinski definition) is 1. The van der Waals surface area contributed by atoms with Gasteiger partial charge in [-0.1, -0.05) is 225 Å². The monoisotopic (exact) mass is 631 g/mol. The van der Waals surface area contributed by atoms with Crippen LogP contribution in [0.5, 0.6) is 0 Å². The Morgan fingerprint density at radius 1 is 0.293 bits per heavy atom. The Labute approximate surface area is 273 Å². The second kappa shape index (κ2) is 35.3. The molecular formula is C38H79ClSSi. The first-order chi connectivity index (χ1) is 20.1. The summed E-state index contributed by atoms with van der Waals surface area (Å²) in [5, 5.41) is 0. The maximum Gasteiger partial charge on any atom is 0.150 e. The van der Waals surface area contributed by atoms with Crippen molar-refractivity contribution in [3.8, 4) is 0 Å². The summed E-state index contributed by atoms with van der Waals surface area (Å²) >= 11 is 10.7. The summed E-state index contributed by atoms with van der Waals surface area (Å²) in [5.41, 5.74) is 0. The summed E-state index contributed by atoms with van der Waals surface area (Å²) in [6.45, 7) is 4.55. The van der Waals surface area contributed by atoms with E-state index in [1.54, 1.807) is 0 Å². The summed E-state index contributed by atoms with van der Waals surface area (Å²) < 4.78 is 0. The number of halogens is 1. The molecule has 248 valence electrons. The lowest BCUT2D eigenvalue weighted by Gasteiger charge is -2.11. The molecule has 0 N–H and O–H groups in total. The Morgan fingerprint density at radius 3 is 0.585 bits per heavy atom. The molecule has 0 aliphatic heterocycles. The molecule has 0 unspecified atom stereocenters. The first-order valence-electron chi connectivity index (χ1n) is 19.4. The highest BCUT2D eigenvalue weighted by Crippen LogP contribution is 2.20. The van der Waals surface area contributed by atoms with Crippen LogP contribution in [0.3, 0.4) is 0 Å². The Balaban J connectivity index is 3.04. The average molecular weight is 632 g/mol. The standard InChI is InChI=1S/C38H79ClSSi/c1-41(2,39)38-36-34-32-30-28-26-24-22-20-18-16-14-12-10-8-6-4-3-5-7-9-11-13-15-17-19-21-23-25-27-29-31-33-35-37-40/h40H,3-38H2,1-2H3. The van der Waals surface area contributed by atoms with Crippen LogP contribution in [-0.4, -0.2) is 13.1 Å². The van der Waals surface area contributed by atoms with Gasteiger partial charge in [0.05, 0.1) is 0 Å². The summed E-state index contributed by atoms with van der Waals surface area (Å²) in [4.78, 5) is 0. The zero-order chi connectivity index (χ0) is 30.0. The average Bonchev–Trinajstić information content (AvgIpc) is 2.94. The van der Waals surface area contributed by atoms with E-state index in [1.807, 2.05) is 0 Å². The minimum absolute atomic E-state index is 1.07. The van der Waals surface area contributed by atoms with E-state index in [1.165, 1.54) is 224 Å². The molecule has 41 heavy (non-hydrogen) atoms. The molecule has 0 aliphatic rings. The lowest BCUT2D eigenvalue weighted by molar-refractivity contribution is 0.511. The van der Waals surface area contributed by atoms with E-state index in [4.69, 9.17) is 11.1 Å². The van der Waals surface area contributed by atoms with Gasteiger partial charge in [0.2, 0.25) is 0 Å². The summed E-state index contributed by atoms with van der Waals surface area (Å²) in [6.07, 6.45) is 49.7. The van der Waals surface area contributed by atoms with Crippen LogP contribution in [-0.2, 0) is 0 Å². The number of rotatable bonds is 36. The minimum atomic E-state index is -1.31. The Kier molecular flexibility index (Phi) is 36.1. The van der Waals surface area contributed by atoms with Gasteiger partial charge in [-0.2, -0.15) is 23.7 Å². The van der Waals surface area contributed by atoms with Crippen molar-refractivity contribution in [3.63, 3.8) is 0 Å². The summed E-state index contributed by atoms with van der Waals surface area (Å²) in [5.74, 6) is 1.07. The molecule has 0 amide bonds. The highest BCUT2D eigenvalue weighted by atomic mass is 35.6. The van der Waals surface area contributed by atoms with Gasteiger partial charge in [0.25, 0.3) is 0 Å². The molecule has 0 rings (SSSR count). The third-order valence-electron chi connectivity index (χ3n) is 9.18. The topological polar surface area (TPSA) is 0 Å². The molecule has 0 nitrogen and oxygen atoms in total. The van der Waals surface area contributed by atoms with E-state index in [-0.39, 0.29) is 0 Å². The molecule has 0 fully saturated rings. The minimum Gasteiger partial charge on any atom is -0.179 e. The van der Waals surface area contributed by atoms with E-state index in [2.05, 4.69) is 25.7 Å². The molecule has 0 bridgehead atoms. The van der Waals surface area contributed by atoms with Crippen LogP contribution >= 0.6 is 23.7 Å². The van der Waals surface area contributed by atoms with E-state index < -0.39 is 7.38 Å². The van der Waals surface area contributed by atoms with Crippen molar-refractivity contribution < 1.29 is 0 Å². The Bertz CT molecular complexity index is 464. The predicted octanol–water partition coefficient (Wildman–Crippen LogP) is 15.6. The smallest absolute Gasteiger partial charge is 0.150 e. The zero-order valence-corrected chi connectivity index (χ0v) is 31.4. The second-order valence-electron chi connectivity index (χ2n) is 14.2. The number of thiol groups is 1. The number of hydrogen-bond acceptors (Lipinski definition) is 1. The highest BCUT2D eigenvalue weighted by molar-refractivity contribution is 7.80. The number of unbranched alkanes of at least 4 members (excludes halogenated alkanes) is 33. The second-order valence-corrected chi connectivity index (χ2v) is 21.7. The SMILES string of the molecule is C[Si](C)(Cl)CCCCCCCCCCCCCCCCCCCCCCCCCCCCCCCCCCCCS. The fraction of sp³-hybridized carbons (Fsp3) is 1.00. The molecule has 0 aromatic carbocycles. The van der Waals surface area contributed by atoms with Gasteiger partial charge in [0, 0.05) is 0 Å². The maximum atomic E-state index is 6.40. The Morgan fingerprint density at radius 2 is 0.439 bits per heavy atom. The van der Waals surface area contributed by atoms with Gasteiger partial charge in [-0.25, -0.2) is 0 Å². The molecule has 0 atom stereocenters. The highest BCUT2D eigenvalue weighted by Gasteiger charge is 2.15. The van der Waals surface area contributed by atoms with Gasteiger partial charge in [-0.3, -0.25) is 0 Å². The van der Waals surface area contributed by atoms with Crippen LogP contribution in [0.2, 0.25) is 19.1 Å². The van der Waals surface area contributed by atoms with Crippen LogP contribution in [0.1, 0.15) is 218 Å². The van der Waals surface area contributed by atoms with Gasteiger partial charge < -0.3 is 0 Å². The van der Waals surface area contributed by atoms with Crippen LogP contribution in [0, 0.1) is 0 Å². The summed E-state index contributed by atoms with van der Waals surface area (Å²) in [7, 11) is -1.31. The van der Waals surface area contributed by atoms with Gasteiger partial charge in [-0.15, -0.1) is 0 Å². The maximum absolute atomic E-state index is 6.40. The normalized spacial score (nSPS) is 12.0. The molecule has 0 heterocycles. The van der Waals surface area contributed by atoms with E-state index in [0.29, 0.717) is 0 Å². The fourth-order valence-electron chi connectivity index (χ4n) is 6.31. The lowest BCUT2D eigenvalue weighted by atomic mass is 10.0. The van der Waals surface area contributed by atoms with Gasteiger partial charge in [-0.05, 0) is 18.2 Å². The Hall–Kier alpha value is 0.857. The molecule has 0 spiro atoms. The van der Waals surface area contributed by atoms with Crippen molar-refractivity contribution in [2.75, 3.05) is 5.75 Å². The molecule has 0 aromatic rings. The molecule has 3 heteroatoms. The predicted molar refractivity (Wildman–Crippen MR) is 199 cm³/mol. The van der Waals surface area contributed by atoms with Crippen LogP contribution in [0.4, 0.5) is 0 Å². The van der Waals surface area contributed by atoms with Crippen molar-refractivity contribution >= 4 is 31.1 Å². The van der Waals surface area contributed by atoms with Crippen molar-refractivity contribution in [1.82, 2.24) is 0 Å². The first kappa shape index (κ1) is 41.9. The van der Waals surface area contributed by atoms with E-state index in [9.17, 15) is 0 Å². The molecule has 0 aliphatic carbocycles. The lowest BCUT2D eigenvalue weighted by Crippen LogP contribution is -2.14. The van der Waals surface area contributed by atoms with Gasteiger partial charge in [0.15, 0.2) is 0 Å². The quantitative estimate of drug-likeness (QED) is 0.0302. The van der Waals surface area contributed by atoms with E-state index in [0.717, 1.165) is 5.75 Å². The van der Waals surface area contributed by atoms with Crippen LogP contribution < -0.4 is 0 Å². The van der Waals surface area contributed by atoms with Crippen molar-refractivity contribution in [1.29, 1.82) is 0 Å². The summed E-state index contributed by atoms with van der Waals surface area (Å²) in [6, 6.07) is 1.30. The first-order valence-corrected chi connectivity index (χ1v) is 24.2.